The van der Waals surface area contributed by atoms with E-state index in [-0.39, 0.29) is 12.1 Å². The number of nitrogens with one attached hydrogen (secondary N) is 1. The van der Waals surface area contributed by atoms with Crippen molar-refractivity contribution in [1.82, 2.24) is 5.32 Å². The molecule has 1 aliphatic carbocycles. The second-order valence-electron chi connectivity index (χ2n) is 5.53. The van der Waals surface area contributed by atoms with Crippen molar-refractivity contribution in [3.8, 4) is 11.5 Å². The van der Waals surface area contributed by atoms with Gasteiger partial charge in [-0.25, -0.2) is 0 Å². The minimum Gasteiger partial charge on any atom is -0.497 e. The van der Waals surface area contributed by atoms with Crippen LogP contribution >= 0.6 is 0 Å². The molecule has 0 spiro atoms. The van der Waals surface area contributed by atoms with Crippen molar-refractivity contribution in [3.05, 3.63) is 23.8 Å². The van der Waals surface area contributed by atoms with Crippen LogP contribution in [-0.4, -0.2) is 31.5 Å². The summed E-state index contributed by atoms with van der Waals surface area (Å²) < 4.78 is 10.7. The molecule has 1 aromatic carbocycles. The van der Waals surface area contributed by atoms with Crippen LogP contribution in [-0.2, 0) is 6.54 Å². The first-order valence-corrected chi connectivity index (χ1v) is 7.30. The molecular weight excluding hydrogens is 254 g/mol. The van der Waals surface area contributed by atoms with E-state index in [1.54, 1.807) is 14.2 Å². The molecule has 20 heavy (non-hydrogen) atoms. The fraction of sp³-hybridized carbons (Fsp3) is 0.625. The molecule has 0 amide bonds. The maximum absolute atomic E-state index is 9.73. The Kier molecular flexibility index (Phi) is 5.26. The van der Waals surface area contributed by atoms with Crippen molar-refractivity contribution in [2.24, 2.45) is 0 Å². The molecule has 0 saturated heterocycles. The first-order valence-electron chi connectivity index (χ1n) is 7.30. The van der Waals surface area contributed by atoms with Crippen LogP contribution in [0.25, 0.3) is 0 Å². The second-order valence-corrected chi connectivity index (χ2v) is 5.53. The summed E-state index contributed by atoms with van der Waals surface area (Å²) in [6, 6.07) is 5.80. The number of hydrogen-bond acceptors (Lipinski definition) is 4. The van der Waals surface area contributed by atoms with Gasteiger partial charge < -0.3 is 19.9 Å². The van der Waals surface area contributed by atoms with Gasteiger partial charge in [-0.15, -0.1) is 0 Å². The molecule has 0 radical (unpaired) electrons. The molecule has 0 aromatic heterocycles. The standard InChI is InChI=1S/C16H25NO3/c1-19-14-6-7-15(20-2)13(10-14)11-17-16(12-18)8-4-3-5-9-16/h6-7,10,17-18H,3-5,8-9,11-12H2,1-2H3. The molecule has 0 heterocycles. The Morgan fingerprint density at radius 2 is 1.90 bits per heavy atom. The lowest BCUT2D eigenvalue weighted by Crippen LogP contribution is -2.49. The average Bonchev–Trinajstić information content (AvgIpc) is 2.53. The predicted octanol–water partition coefficient (Wildman–Crippen LogP) is 2.49. The van der Waals surface area contributed by atoms with E-state index in [1.807, 2.05) is 18.2 Å². The lowest BCUT2D eigenvalue weighted by Gasteiger charge is -2.37. The number of methoxy groups -OCH3 is 2. The zero-order valence-corrected chi connectivity index (χ0v) is 12.4. The third kappa shape index (κ3) is 3.44. The minimum absolute atomic E-state index is 0.133. The quantitative estimate of drug-likeness (QED) is 0.840. The normalized spacial score (nSPS) is 17.8. The molecule has 0 atom stereocenters. The number of aliphatic hydroxyl groups excluding tert-OH is 1. The number of benzene rings is 1. The zero-order valence-electron chi connectivity index (χ0n) is 12.4. The van der Waals surface area contributed by atoms with Crippen LogP contribution in [0.5, 0.6) is 11.5 Å². The SMILES string of the molecule is COc1ccc(OC)c(CNC2(CO)CCCCC2)c1. The molecule has 0 unspecified atom stereocenters. The van der Waals surface area contributed by atoms with Gasteiger partial charge in [0.1, 0.15) is 11.5 Å². The van der Waals surface area contributed by atoms with Gasteiger partial charge in [0.05, 0.1) is 20.8 Å². The monoisotopic (exact) mass is 279 g/mol. The smallest absolute Gasteiger partial charge is 0.123 e. The molecule has 0 aliphatic heterocycles. The Labute approximate surface area is 121 Å². The number of aliphatic hydroxyl groups is 1. The maximum atomic E-state index is 9.73. The highest BCUT2D eigenvalue weighted by Crippen LogP contribution is 2.30. The fourth-order valence-corrected chi connectivity index (χ4v) is 2.92. The fourth-order valence-electron chi connectivity index (χ4n) is 2.92. The molecule has 1 fully saturated rings. The first kappa shape index (κ1) is 15.1. The topological polar surface area (TPSA) is 50.7 Å². The molecule has 2 N–H and O–H groups in total. The first-order chi connectivity index (χ1) is 9.73. The van der Waals surface area contributed by atoms with Crippen molar-refractivity contribution < 1.29 is 14.6 Å². The summed E-state index contributed by atoms with van der Waals surface area (Å²) in [7, 11) is 3.34. The highest BCUT2D eigenvalue weighted by Gasteiger charge is 2.30. The predicted molar refractivity (Wildman–Crippen MR) is 79.3 cm³/mol. The van der Waals surface area contributed by atoms with Crippen molar-refractivity contribution >= 4 is 0 Å². The highest BCUT2D eigenvalue weighted by atomic mass is 16.5. The van der Waals surface area contributed by atoms with E-state index in [9.17, 15) is 5.11 Å². The molecule has 4 nitrogen and oxygen atoms in total. The summed E-state index contributed by atoms with van der Waals surface area (Å²) in [5.74, 6) is 1.67. The molecule has 1 aliphatic rings. The Bertz CT molecular complexity index is 428. The molecule has 1 saturated carbocycles. The lowest BCUT2D eigenvalue weighted by molar-refractivity contribution is 0.119. The molecule has 0 bridgehead atoms. The average molecular weight is 279 g/mol. The van der Waals surface area contributed by atoms with Gasteiger partial charge in [-0.05, 0) is 31.0 Å². The summed E-state index contributed by atoms with van der Waals surface area (Å²) >= 11 is 0. The van der Waals surface area contributed by atoms with Gasteiger partial charge in [0.2, 0.25) is 0 Å². The van der Waals surface area contributed by atoms with E-state index >= 15 is 0 Å². The number of ether oxygens (including phenoxy) is 2. The minimum atomic E-state index is -0.133. The van der Waals surface area contributed by atoms with Gasteiger partial charge in [-0.1, -0.05) is 19.3 Å². The Morgan fingerprint density at radius 1 is 1.15 bits per heavy atom. The van der Waals surface area contributed by atoms with E-state index < -0.39 is 0 Å². The second kappa shape index (κ2) is 6.95. The third-order valence-electron chi connectivity index (χ3n) is 4.25. The van der Waals surface area contributed by atoms with E-state index in [0.717, 1.165) is 29.9 Å². The van der Waals surface area contributed by atoms with Crippen molar-refractivity contribution in [1.29, 1.82) is 0 Å². The van der Waals surface area contributed by atoms with Crippen LogP contribution in [0.15, 0.2) is 18.2 Å². The summed E-state index contributed by atoms with van der Waals surface area (Å²) in [5.41, 5.74) is 0.928. The maximum Gasteiger partial charge on any atom is 0.123 e. The Balaban J connectivity index is 2.08. The van der Waals surface area contributed by atoms with Gasteiger partial charge in [-0.2, -0.15) is 0 Å². The largest absolute Gasteiger partial charge is 0.497 e. The summed E-state index contributed by atoms with van der Waals surface area (Å²) in [5, 5.41) is 13.3. The Morgan fingerprint density at radius 3 is 2.50 bits per heavy atom. The molecule has 1 aromatic rings. The van der Waals surface area contributed by atoms with Gasteiger partial charge in [0, 0.05) is 17.6 Å². The van der Waals surface area contributed by atoms with E-state index in [0.29, 0.717) is 6.54 Å². The van der Waals surface area contributed by atoms with Gasteiger partial charge in [0.15, 0.2) is 0 Å². The van der Waals surface area contributed by atoms with Gasteiger partial charge in [0.25, 0.3) is 0 Å². The molecule has 4 heteroatoms. The Hall–Kier alpha value is -1.26. The van der Waals surface area contributed by atoms with Gasteiger partial charge in [-0.3, -0.25) is 0 Å². The van der Waals surface area contributed by atoms with Crippen molar-refractivity contribution in [2.45, 2.75) is 44.2 Å². The van der Waals surface area contributed by atoms with Crippen molar-refractivity contribution in [2.75, 3.05) is 20.8 Å². The highest BCUT2D eigenvalue weighted by molar-refractivity contribution is 5.40. The van der Waals surface area contributed by atoms with Crippen LogP contribution in [0.4, 0.5) is 0 Å². The zero-order chi connectivity index (χ0) is 14.4. The molecule has 112 valence electrons. The summed E-state index contributed by atoms with van der Waals surface area (Å²) in [6.07, 6.45) is 5.71. The number of rotatable bonds is 6. The van der Waals surface area contributed by atoms with E-state index in [4.69, 9.17) is 9.47 Å². The van der Waals surface area contributed by atoms with Crippen molar-refractivity contribution in [3.63, 3.8) is 0 Å². The van der Waals surface area contributed by atoms with Crippen LogP contribution in [0.3, 0.4) is 0 Å². The molecule has 2 rings (SSSR count). The van der Waals surface area contributed by atoms with Crippen LogP contribution in [0, 0.1) is 0 Å². The van der Waals surface area contributed by atoms with E-state index in [2.05, 4.69) is 5.32 Å². The van der Waals surface area contributed by atoms with Crippen LogP contribution in [0.1, 0.15) is 37.7 Å². The third-order valence-corrected chi connectivity index (χ3v) is 4.25. The van der Waals surface area contributed by atoms with Crippen LogP contribution < -0.4 is 14.8 Å². The van der Waals surface area contributed by atoms with Crippen LogP contribution in [0.2, 0.25) is 0 Å². The van der Waals surface area contributed by atoms with E-state index in [1.165, 1.54) is 19.3 Å². The lowest BCUT2D eigenvalue weighted by atomic mass is 9.82. The molecular formula is C16H25NO3. The van der Waals surface area contributed by atoms with Gasteiger partial charge >= 0.3 is 0 Å². The number of hydrogen-bond donors (Lipinski definition) is 2. The summed E-state index contributed by atoms with van der Waals surface area (Å²) in [6.45, 7) is 0.875. The summed E-state index contributed by atoms with van der Waals surface area (Å²) in [4.78, 5) is 0.